The third-order valence-corrected chi connectivity index (χ3v) is 7.06. The van der Waals surface area contributed by atoms with Crippen molar-refractivity contribution in [2.75, 3.05) is 18.0 Å². The van der Waals surface area contributed by atoms with E-state index in [4.69, 9.17) is 4.74 Å². The molecule has 0 spiro atoms. The molecule has 2 aromatic rings. The quantitative estimate of drug-likeness (QED) is 0.517. The smallest absolute Gasteiger partial charge is 0.264 e. The van der Waals surface area contributed by atoms with Gasteiger partial charge in [0.15, 0.2) is 0 Å². The second kappa shape index (κ2) is 10.4. The molecule has 8 heteroatoms. The lowest BCUT2D eigenvalue weighted by molar-refractivity contribution is -0.119. The summed E-state index contributed by atoms with van der Waals surface area (Å²) in [5.74, 6) is 0.0761. The molecule has 0 unspecified atom stereocenters. The SMILES string of the molecule is COc1ccc(S(=O)(=O)N(CC(=O)NN=C2CCCCCC2)c2ccc(C)cc2)cc1. The van der Waals surface area contributed by atoms with Crippen LogP contribution in [0.4, 0.5) is 5.69 Å². The van der Waals surface area contributed by atoms with Crippen LogP contribution in [-0.2, 0) is 14.8 Å². The first-order chi connectivity index (χ1) is 14.9. The van der Waals surface area contributed by atoms with Crippen molar-refractivity contribution in [3.8, 4) is 5.75 Å². The molecule has 1 saturated carbocycles. The molecule has 7 nitrogen and oxygen atoms in total. The summed E-state index contributed by atoms with van der Waals surface area (Å²) in [6.07, 6.45) is 6.22. The molecule has 31 heavy (non-hydrogen) atoms. The maximum atomic E-state index is 13.4. The largest absolute Gasteiger partial charge is 0.497 e. The molecule has 0 bridgehead atoms. The molecule has 0 aliphatic heterocycles. The Kier molecular flexibility index (Phi) is 7.68. The molecule has 3 rings (SSSR count). The maximum Gasteiger partial charge on any atom is 0.264 e. The lowest BCUT2D eigenvalue weighted by atomic mass is 10.2. The van der Waals surface area contributed by atoms with Gasteiger partial charge < -0.3 is 4.74 Å². The summed E-state index contributed by atoms with van der Waals surface area (Å²) in [6, 6.07) is 13.1. The minimum absolute atomic E-state index is 0.0803. The predicted molar refractivity (Wildman–Crippen MR) is 122 cm³/mol. The van der Waals surface area contributed by atoms with Crippen LogP contribution in [0.25, 0.3) is 0 Å². The number of aryl methyl sites for hydroxylation is 1. The molecule has 0 atom stereocenters. The Bertz CT molecular complexity index is 1010. The second-order valence-electron chi connectivity index (χ2n) is 7.65. The van der Waals surface area contributed by atoms with Crippen molar-refractivity contribution in [2.45, 2.75) is 50.3 Å². The molecule has 1 amide bonds. The fourth-order valence-corrected chi connectivity index (χ4v) is 4.88. The molecule has 2 aromatic carbocycles. The topological polar surface area (TPSA) is 88.1 Å². The Morgan fingerprint density at radius 3 is 2.19 bits per heavy atom. The number of carbonyl (C=O) groups is 1. The van der Waals surface area contributed by atoms with Crippen LogP contribution in [0, 0.1) is 6.92 Å². The standard InChI is InChI=1S/C23H29N3O4S/c1-18-9-11-20(12-10-18)26(31(28,29)22-15-13-21(30-2)14-16-22)17-23(27)25-24-19-7-5-3-4-6-8-19/h9-16H,3-8,17H2,1-2H3,(H,25,27). The number of hydrogen-bond acceptors (Lipinski definition) is 5. The zero-order valence-electron chi connectivity index (χ0n) is 18.0. The van der Waals surface area contributed by atoms with Crippen LogP contribution in [0.15, 0.2) is 58.5 Å². The number of nitrogens with zero attached hydrogens (tertiary/aromatic N) is 2. The molecule has 0 radical (unpaired) electrons. The zero-order valence-corrected chi connectivity index (χ0v) is 18.8. The predicted octanol–water partition coefficient (Wildman–Crippen LogP) is 4.03. The molecule has 0 saturated heterocycles. The minimum Gasteiger partial charge on any atom is -0.497 e. The van der Waals surface area contributed by atoms with Gasteiger partial charge in [0, 0.05) is 5.71 Å². The summed E-state index contributed by atoms with van der Waals surface area (Å²) >= 11 is 0. The van der Waals surface area contributed by atoms with E-state index in [2.05, 4.69) is 10.5 Å². The van der Waals surface area contributed by atoms with E-state index in [1.807, 2.05) is 19.1 Å². The molecule has 0 heterocycles. The molecule has 166 valence electrons. The summed E-state index contributed by atoms with van der Waals surface area (Å²) in [7, 11) is -2.45. The van der Waals surface area contributed by atoms with Gasteiger partial charge in [-0.05, 0) is 69.0 Å². The van der Waals surface area contributed by atoms with Gasteiger partial charge in [-0.2, -0.15) is 5.10 Å². The van der Waals surface area contributed by atoms with Gasteiger partial charge >= 0.3 is 0 Å². The number of methoxy groups -OCH3 is 1. The first-order valence-corrected chi connectivity index (χ1v) is 11.9. The van der Waals surface area contributed by atoms with Crippen molar-refractivity contribution in [2.24, 2.45) is 5.10 Å². The average Bonchev–Trinajstić information content (AvgIpc) is 3.05. The molecule has 1 aliphatic carbocycles. The fourth-order valence-electron chi connectivity index (χ4n) is 3.46. The van der Waals surface area contributed by atoms with Crippen molar-refractivity contribution < 1.29 is 17.9 Å². The van der Waals surface area contributed by atoms with Gasteiger partial charge in [0.2, 0.25) is 0 Å². The highest BCUT2D eigenvalue weighted by Gasteiger charge is 2.27. The Balaban J connectivity index is 1.84. The van der Waals surface area contributed by atoms with Crippen molar-refractivity contribution in [1.29, 1.82) is 0 Å². The number of sulfonamides is 1. The highest BCUT2D eigenvalue weighted by molar-refractivity contribution is 7.92. The van der Waals surface area contributed by atoms with Crippen LogP contribution in [0.1, 0.15) is 44.1 Å². The summed E-state index contributed by atoms with van der Waals surface area (Å²) in [4.78, 5) is 12.7. The van der Waals surface area contributed by atoms with Crippen LogP contribution in [0.5, 0.6) is 5.75 Å². The number of nitrogens with one attached hydrogen (secondary N) is 1. The zero-order chi connectivity index (χ0) is 22.3. The number of rotatable bonds is 7. The van der Waals surface area contributed by atoms with Crippen LogP contribution in [0.2, 0.25) is 0 Å². The van der Waals surface area contributed by atoms with E-state index in [0.717, 1.165) is 41.3 Å². The molecule has 0 aromatic heterocycles. The Morgan fingerprint density at radius 2 is 1.61 bits per heavy atom. The molecular weight excluding hydrogens is 414 g/mol. The summed E-state index contributed by atoms with van der Waals surface area (Å²) in [5.41, 5.74) is 4.93. The number of amides is 1. The minimum atomic E-state index is -3.97. The number of benzene rings is 2. The van der Waals surface area contributed by atoms with Gasteiger partial charge in [0.25, 0.3) is 15.9 Å². The number of ether oxygens (including phenoxy) is 1. The van der Waals surface area contributed by atoms with E-state index < -0.39 is 15.9 Å². The maximum absolute atomic E-state index is 13.4. The van der Waals surface area contributed by atoms with Gasteiger partial charge in [-0.1, -0.05) is 30.5 Å². The molecule has 1 aliphatic rings. The van der Waals surface area contributed by atoms with Gasteiger partial charge in [0.05, 0.1) is 17.7 Å². The van der Waals surface area contributed by atoms with E-state index in [1.165, 1.54) is 32.1 Å². The third-order valence-electron chi connectivity index (χ3n) is 5.28. The second-order valence-corrected chi connectivity index (χ2v) is 9.51. The summed E-state index contributed by atoms with van der Waals surface area (Å²) in [5, 5.41) is 4.26. The molecule has 1 fully saturated rings. The number of hydrazone groups is 1. The Morgan fingerprint density at radius 1 is 1.00 bits per heavy atom. The molecule has 1 N–H and O–H groups in total. The van der Waals surface area contributed by atoms with Gasteiger partial charge in [-0.15, -0.1) is 0 Å². The number of hydrogen-bond donors (Lipinski definition) is 1. The van der Waals surface area contributed by atoms with Crippen LogP contribution in [-0.4, -0.2) is 33.7 Å². The van der Waals surface area contributed by atoms with E-state index in [9.17, 15) is 13.2 Å². The third kappa shape index (κ3) is 6.07. The van der Waals surface area contributed by atoms with Gasteiger partial charge in [0.1, 0.15) is 12.3 Å². The van der Waals surface area contributed by atoms with Crippen molar-refractivity contribution in [1.82, 2.24) is 5.43 Å². The Hall–Kier alpha value is -2.87. The highest BCUT2D eigenvalue weighted by atomic mass is 32.2. The average molecular weight is 444 g/mol. The normalized spacial score (nSPS) is 14.5. The molecular formula is C23H29N3O4S. The van der Waals surface area contributed by atoms with E-state index >= 15 is 0 Å². The summed E-state index contributed by atoms with van der Waals surface area (Å²) < 4.78 is 33.0. The van der Waals surface area contributed by atoms with Crippen molar-refractivity contribution in [3.05, 3.63) is 54.1 Å². The van der Waals surface area contributed by atoms with Crippen molar-refractivity contribution in [3.63, 3.8) is 0 Å². The lowest BCUT2D eigenvalue weighted by Crippen LogP contribution is -2.39. The van der Waals surface area contributed by atoms with E-state index in [-0.39, 0.29) is 11.4 Å². The van der Waals surface area contributed by atoms with Crippen LogP contribution in [0.3, 0.4) is 0 Å². The monoisotopic (exact) mass is 443 g/mol. The van der Waals surface area contributed by atoms with Crippen LogP contribution < -0.4 is 14.5 Å². The van der Waals surface area contributed by atoms with Crippen molar-refractivity contribution >= 4 is 27.3 Å². The first kappa shape index (κ1) is 22.8. The number of anilines is 1. The van der Waals surface area contributed by atoms with E-state index in [1.54, 1.807) is 24.3 Å². The first-order valence-electron chi connectivity index (χ1n) is 10.5. The number of carbonyl (C=O) groups excluding carboxylic acids is 1. The lowest BCUT2D eigenvalue weighted by Gasteiger charge is -2.24. The fraction of sp³-hybridized carbons (Fsp3) is 0.391. The highest BCUT2D eigenvalue weighted by Crippen LogP contribution is 2.25. The Labute approximate surface area is 184 Å². The van der Waals surface area contributed by atoms with Gasteiger partial charge in [-0.25, -0.2) is 13.8 Å². The van der Waals surface area contributed by atoms with E-state index in [0.29, 0.717) is 11.4 Å². The summed E-state index contributed by atoms with van der Waals surface area (Å²) in [6.45, 7) is 1.55. The van der Waals surface area contributed by atoms with Gasteiger partial charge in [-0.3, -0.25) is 9.10 Å². The van der Waals surface area contributed by atoms with Crippen LogP contribution >= 0.6 is 0 Å².